The summed E-state index contributed by atoms with van der Waals surface area (Å²) in [5.41, 5.74) is 0. The van der Waals surface area contributed by atoms with Crippen LogP contribution in [0.4, 0.5) is 0 Å². The van der Waals surface area contributed by atoms with Crippen LogP contribution in [-0.2, 0) is 12.3 Å². The molecule has 3 nitrogen and oxygen atoms in total. The molecule has 0 bridgehead atoms. The highest BCUT2D eigenvalue weighted by Crippen LogP contribution is 2.34. The molecule has 0 atom stereocenters. The van der Waals surface area contributed by atoms with E-state index in [1.807, 2.05) is 0 Å². The Hall–Kier alpha value is 0.748. The van der Waals surface area contributed by atoms with E-state index in [1.54, 1.807) is 0 Å². The maximum Gasteiger partial charge on any atom is 0.317 e. The van der Waals surface area contributed by atoms with Crippen molar-refractivity contribution in [1.29, 1.82) is 0 Å². The van der Waals surface area contributed by atoms with Crippen molar-refractivity contribution >= 4 is 33.8 Å². The van der Waals surface area contributed by atoms with Gasteiger partial charge in [0.25, 0.3) is 0 Å². The zero-order valence-electron chi connectivity index (χ0n) is 12.6. The normalized spacial score (nSPS) is 26.8. The molecule has 102 valence electrons. The second-order valence-corrected chi connectivity index (χ2v) is 23.7. The first kappa shape index (κ1) is 15.8. The number of rotatable bonds is 3. The molecule has 0 amide bonds. The molecule has 0 unspecified atom stereocenters. The standard InChI is InChI=1S/C10H28O3Si4/c1-14(2,3)9-10-17(8)12-15(4,5)11-16(6,7)13-17/h9-10H2,1-8H3. The van der Waals surface area contributed by atoms with Gasteiger partial charge in [0.2, 0.25) is 0 Å². The van der Waals surface area contributed by atoms with E-state index in [0.717, 1.165) is 6.04 Å². The highest BCUT2D eigenvalue weighted by atomic mass is 28.5. The molecule has 0 N–H and O–H groups in total. The zero-order chi connectivity index (χ0) is 13.5. The lowest BCUT2D eigenvalue weighted by atomic mass is 10.9. The van der Waals surface area contributed by atoms with Gasteiger partial charge in [-0.15, -0.1) is 0 Å². The summed E-state index contributed by atoms with van der Waals surface area (Å²) >= 11 is 0. The lowest BCUT2D eigenvalue weighted by Crippen LogP contribution is -2.65. The molecule has 0 saturated carbocycles. The SMILES string of the molecule is C[Si](C)(C)CC[Si]1(C)O[Si](C)(C)O[Si](C)(C)O1. The Morgan fingerprint density at radius 2 is 1.18 bits per heavy atom. The summed E-state index contributed by atoms with van der Waals surface area (Å²) < 4.78 is 18.6. The maximum atomic E-state index is 6.28. The minimum Gasteiger partial charge on any atom is -0.416 e. The molecule has 1 fully saturated rings. The van der Waals surface area contributed by atoms with E-state index in [0.29, 0.717) is 0 Å². The van der Waals surface area contributed by atoms with Crippen molar-refractivity contribution in [3.8, 4) is 0 Å². The number of hydrogen-bond acceptors (Lipinski definition) is 3. The molecule has 1 aliphatic rings. The third kappa shape index (κ3) is 5.49. The number of hydrogen-bond donors (Lipinski definition) is 0. The predicted molar refractivity (Wildman–Crippen MR) is 82.8 cm³/mol. The Labute approximate surface area is 111 Å². The second-order valence-electron chi connectivity index (χ2n) is 7.30. The topological polar surface area (TPSA) is 27.7 Å². The van der Waals surface area contributed by atoms with Crippen LogP contribution in [0.3, 0.4) is 0 Å². The highest BCUT2D eigenvalue weighted by molar-refractivity contribution is 6.93. The zero-order valence-corrected chi connectivity index (χ0v) is 16.6. The summed E-state index contributed by atoms with van der Waals surface area (Å²) in [7, 11) is -6.89. The van der Waals surface area contributed by atoms with E-state index in [2.05, 4.69) is 52.4 Å². The largest absolute Gasteiger partial charge is 0.416 e. The van der Waals surface area contributed by atoms with Crippen molar-refractivity contribution in [2.75, 3.05) is 0 Å². The van der Waals surface area contributed by atoms with Crippen LogP contribution in [0.1, 0.15) is 0 Å². The lowest BCUT2D eigenvalue weighted by molar-refractivity contribution is 0.233. The molecular weight excluding hydrogens is 280 g/mol. The first-order valence-corrected chi connectivity index (χ1v) is 18.3. The van der Waals surface area contributed by atoms with Crippen LogP contribution in [0.2, 0.25) is 64.5 Å². The minimum atomic E-state index is -1.98. The Morgan fingerprint density at radius 3 is 1.53 bits per heavy atom. The Balaban J connectivity index is 2.74. The van der Waals surface area contributed by atoms with Gasteiger partial charge in [0.1, 0.15) is 0 Å². The van der Waals surface area contributed by atoms with Gasteiger partial charge < -0.3 is 12.3 Å². The van der Waals surface area contributed by atoms with Gasteiger partial charge in [-0.2, -0.15) is 0 Å². The summed E-state index contributed by atoms with van der Waals surface area (Å²) in [6, 6.07) is 2.43. The van der Waals surface area contributed by atoms with Crippen molar-refractivity contribution in [2.45, 2.75) is 64.5 Å². The van der Waals surface area contributed by atoms with Crippen LogP contribution in [0.15, 0.2) is 0 Å². The van der Waals surface area contributed by atoms with Gasteiger partial charge in [0.15, 0.2) is 0 Å². The van der Waals surface area contributed by atoms with Gasteiger partial charge >= 0.3 is 25.7 Å². The smallest absolute Gasteiger partial charge is 0.317 e. The van der Waals surface area contributed by atoms with Crippen molar-refractivity contribution in [1.82, 2.24) is 0 Å². The fraction of sp³-hybridized carbons (Fsp3) is 1.00. The molecule has 0 spiro atoms. The molecular formula is C10H28O3Si4. The van der Waals surface area contributed by atoms with E-state index in [4.69, 9.17) is 12.3 Å². The van der Waals surface area contributed by atoms with Gasteiger partial charge in [0.05, 0.1) is 0 Å². The van der Waals surface area contributed by atoms with Crippen LogP contribution in [0.5, 0.6) is 0 Å². The minimum absolute atomic E-state index is 1.02. The first-order valence-electron chi connectivity index (χ1n) is 6.43. The van der Waals surface area contributed by atoms with Gasteiger partial charge in [-0.25, -0.2) is 0 Å². The molecule has 0 radical (unpaired) electrons. The Kier molecular flexibility index (Phi) is 4.36. The Bertz CT molecular complexity index is 270. The molecule has 1 saturated heterocycles. The van der Waals surface area contributed by atoms with Crippen LogP contribution < -0.4 is 0 Å². The molecule has 7 heteroatoms. The molecule has 0 aromatic rings. The third-order valence-corrected chi connectivity index (χ3v) is 17.5. The van der Waals surface area contributed by atoms with Gasteiger partial charge in [-0.05, 0) is 38.8 Å². The van der Waals surface area contributed by atoms with Crippen molar-refractivity contribution in [2.24, 2.45) is 0 Å². The maximum absolute atomic E-state index is 6.28. The molecule has 0 aromatic carbocycles. The van der Waals surface area contributed by atoms with E-state index in [9.17, 15) is 0 Å². The molecule has 17 heavy (non-hydrogen) atoms. The van der Waals surface area contributed by atoms with Crippen LogP contribution in [0.25, 0.3) is 0 Å². The van der Waals surface area contributed by atoms with E-state index < -0.39 is 33.8 Å². The van der Waals surface area contributed by atoms with Gasteiger partial charge in [-0.3, -0.25) is 0 Å². The van der Waals surface area contributed by atoms with Crippen LogP contribution >= 0.6 is 0 Å². The second kappa shape index (κ2) is 4.69. The highest BCUT2D eigenvalue weighted by Gasteiger charge is 2.52. The fourth-order valence-electron chi connectivity index (χ4n) is 2.40. The van der Waals surface area contributed by atoms with E-state index in [1.165, 1.54) is 6.04 Å². The van der Waals surface area contributed by atoms with Gasteiger partial charge in [-0.1, -0.05) is 25.7 Å². The van der Waals surface area contributed by atoms with Crippen LogP contribution in [-0.4, -0.2) is 33.8 Å². The molecule has 0 aliphatic carbocycles. The molecule has 1 rings (SSSR count). The monoisotopic (exact) mass is 308 g/mol. The quantitative estimate of drug-likeness (QED) is 0.741. The predicted octanol–water partition coefficient (Wildman–Crippen LogP) is 3.86. The Morgan fingerprint density at radius 1 is 0.765 bits per heavy atom. The van der Waals surface area contributed by atoms with E-state index in [-0.39, 0.29) is 0 Å². The molecule has 0 aromatic heterocycles. The van der Waals surface area contributed by atoms with Crippen molar-refractivity contribution in [3.05, 3.63) is 0 Å². The lowest BCUT2D eigenvalue weighted by Gasteiger charge is -2.48. The fourth-order valence-corrected chi connectivity index (χ4v) is 22.7. The van der Waals surface area contributed by atoms with Crippen molar-refractivity contribution in [3.63, 3.8) is 0 Å². The average molecular weight is 309 g/mol. The van der Waals surface area contributed by atoms with Crippen LogP contribution in [0, 0.1) is 0 Å². The van der Waals surface area contributed by atoms with Gasteiger partial charge in [0, 0.05) is 8.07 Å². The molecule has 1 aliphatic heterocycles. The summed E-state index contributed by atoms with van der Waals surface area (Å²) in [4.78, 5) is 0. The average Bonchev–Trinajstić information content (AvgIpc) is 1.92. The van der Waals surface area contributed by atoms with E-state index >= 15 is 0 Å². The summed E-state index contributed by atoms with van der Waals surface area (Å²) in [6.45, 7) is 18.1. The third-order valence-electron chi connectivity index (χ3n) is 2.74. The summed E-state index contributed by atoms with van der Waals surface area (Å²) in [5.74, 6) is 0. The summed E-state index contributed by atoms with van der Waals surface area (Å²) in [6.07, 6.45) is 0. The first-order chi connectivity index (χ1) is 7.33. The van der Waals surface area contributed by atoms with Crippen molar-refractivity contribution < 1.29 is 12.3 Å². The molecule has 1 heterocycles. The summed E-state index contributed by atoms with van der Waals surface area (Å²) in [5, 5.41) is 0.